The molecule has 1 heterocycles. The lowest BCUT2D eigenvalue weighted by Gasteiger charge is -2.41. The number of rotatable bonds is 8. The molecule has 0 radical (unpaired) electrons. The summed E-state index contributed by atoms with van der Waals surface area (Å²) in [7, 11) is -2.72. The Balaban J connectivity index is 2.94. The molecule has 0 amide bonds. The van der Waals surface area contributed by atoms with E-state index in [4.69, 9.17) is 4.74 Å². The maximum absolute atomic E-state index is 14.0. The van der Waals surface area contributed by atoms with Crippen molar-refractivity contribution in [2.45, 2.75) is 82.6 Å². The van der Waals surface area contributed by atoms with Crippen LogP contribution >= 0.6 is 0 Å². The summed E-state index contributed by atoms with van der Waals surface area (Å²) in [6, 6.07) is 0. The van der Waals surface area contributed by atoms with Crippen molar-refractivity contribution in [2.75, 3.05) is 27.2 Å². The van der Waals surface area contributed by atoms with Crippen LogP contribution in [0.15, 0.2) is 0 Å². The largest absolute Gasteiger partial charge is 0.461 e. The molecule has 0 N–H and O–H groups in total. The molecule has 6 nitrogen and oxygen atoms in total. The fourth-order valence-electron chi connectivity index (χ4n) is 3.49. The summed E-state index contributed by atoms with van der Waals surface area (Å²) in [6.45, 7) is 5.64. The Labute approximate surface area is 185 Å². The molecule has 1 fully saturated rings. The van der Waals surface area contributed by atoms with Gasteiger partial charge in [0.2, 0.25) is 0 Å². The molecule has 1 rings (SSSR count). The Hall–Kier alpha value is -1.08. The quantitative estimate of drug-likeness (QED) is 0.374. The molecule has 0 aromatic heterocycles. The molecule has 0 saturated carbocycles. The first-order chi connectivity index (χ1) is 14.0. The van der Waals surface area contributed by atoms with E-state index in [1.54, 1.807) is 25.9 Å². The fourth-order valence-corrected chi connectivity index (χ4v) is 5.01. The highest BCUT2D eigenvalue weighted by Gasteiger charge is 2.76. The van der Waals surface area contributed by atoms with Gasteiger partial charge in [-0.1, -0.05) is 20.8 Å². The Bertz CT molecular complexity index is 785. The molecule has 190 valence electrons. The van der Waals surface area contributed by atoms with Crippen molar-refractivity contribution in [3.05, 3.63) is 0 Å². The number of halogens is 6. The van der Waals surface area contributed by atoms with Crippen LogP contribution in [0.2, 0.25) is 0 Å². The third-order valence-corrected chi connectivity index (χ3v) is 7.51. The van der Waals surface area contributed by atoms with Gasteiger partial charge in [-0.15, -0.1) is 0 Å². The normalized spacial score (nSPS) is 20.3. The van der Waals surface area contributed by atoms with Gasteiger partial charge in [-0.3, -0.25) is 9.69 Å². The Morgan fingerprint density at radius 2 is 1.41 bits per heavy atom. The fraction of sp³-hybridized carbons (Fsp3) is 0.947. The number of nitrogens with zero attached hydrogens (tertiary/aromatic N) is 2. The third kappa shape index (κ3) is 5.52. The molecule has 0 aromatic carbocycles. The summed E-state index contributed by atoms with van der Waals surface area (Å²) >= 11 is 0. The predicted molar refractivity (Wildman–Crippen MR) is 106 cm³/mol. The lowest BCUT2D eigenvalue weighted by molar-refractivity contribution is -0.272. The number of hydrogen-bond acceptors (Lipinski definition) is 5. The summed E-state index contributed by atoms with van der Waals surface area (Å²) in [6.07, 6.45) is -0.900. The van der Waals surface area contributed by atoms with Crippen LogP contribution in [0.5, 0.6) is 0 Å². The van der Waals surface area contributed by atoms with Crippen LogP contribution in [-0.2, 0) is 19.6 Å². The van der Waals surface area contributed by atoms with Crippen LogP contribution in [-0.4, -0.2) is 79.5 Å². The van der Waals surface area contributed by atoms with Crippen molar-refractivity contribution < 1.29 is 44.3 Å². The van der Waals surface area contributed by atoms with E-state index in [2.05, 4.69) is 0 Å². The van der Waals surface area contributed by atoms with Gasteiger partial charge < -0.3 is 4.74 Å². The number of ether oxygens (including phenoxy) is 1. The molecular weight excluding hydrogens is 466 g/mol. The van der Waals surface area contributed by atoms with Crippen molar-refractivity contribution in [3.8, 4) is 0 Å². The number of hydrogen-bond donors (Lipinski definition) is 0. The molecule has 1 aliphatic rings. The zero-order valence-electron chi connectivity index (χ0n) is 19.3. The van der Waals surface area contributed by atoms with Crippen molar-refractivity contribution in [3.63, 3.8) is 0 Å². The van der Waals surface area contributed by atoms with E-state index in [-0.39, 0.29) is 22.6 Å². The minimum atomic E-state index is -6.11. The molecule has 1 aliphatic heterocycles. The smallest absolute Gasteiger partial charge is 0.427 e. The summed E-state index contributed by atoms with van der Waals surface area (Å²) in [4.78, 5) is 14.5. The zero-order valence-corrected chi connectivity index (χ0v) is 20.1. The Kier molecular flexibility index (Phi) is 8.08. The lowest BCUT2D eigenvalue weighted by Crippen LogP contribution is -2.61. The Morgan fingerprint density at radius 3 is 1.75 bits per heavy atom. The van der Waals surface area contributed by atoms with Crippen LogP contribution in [0.3, 0.4) is 0 Å². The summed E-state index contributed by atoms with van der Waals surface area (Å²) in [5.74, 6) is -12.0. The van der Waals surface area contributed by atoms with Gasteiger partial charge in [0.15, 0.2) is 0 Å². The maximum Gasteiger partial charge on any atom is 0.427 e. The number of likely N-dealkylation sites (N-methyl/N-ethyl adjacent to an activating group) is 1. The van der Waals surface area contributed by atoms with Crippen LogP contribution in [0, 0.1) is 5.41 Å². The predicted octanol–water partition coefficient (Wildman–Crippen LogP) is 3.96. The van der Waals surface area contributed by atoms with Gasteiger partial charge >= 0.3 is 23.1 Å². The maximum atomic E-state index is 14.0. The van der Waals surface area contributed by atoms with Gasteiger partial charge in [-0.05, 0) is 45.7 Å². The highest BCUT2D eigenvalue weighted by molar-refractivity contribution is 7.90. The standard InChI is InChI=1S/C19H32F6N2O4S/c1-15(2,3)12-16(4,26(6)7)14(28)31-13-8-10-27(11-9-13)32(29,30)19(24,25)18(22,23)17(5,20)21/h13H,8-12H2,1-7H3. The number of esters is 1. The molecule has 1 atom stereocenters. The van der Waals surface area contributed by atoms with Crippen molar-refractivity contribution in [1.29, 1.82) is 0 Å². The number of carbonyl (C=O) groups excluding carboxylic acids is 1. The molecule has 0 bridgehead atoms. The van der Waals surface area contributed by atoms with E-state index in [1.807, 2.05) is 20.8 Å². The topological polar surface area (TPSA) is 66.9 Å². The summed E-state index contributed by atoms with van der Waals surface area (Å²) < 4.78 is 111. The minimum Gasteiger partial charge on any atom is -0.461 e. The molecule has 0 aromatic rings. The van der Waals surface area contributed by atoms with E-state index in [0.29, 0.717) is 6.42 Å². The van der Waals surface area contributed by atoms with Crippen LogP contribution in [0.1, 0.15) is 53.9 Å². The average molecular weight is 499 g/mol. The second-order valence-corrected chi connectivity index (χ2v) is 11.9. The molecule has 1 unspecified atom stereocenters. The molecule has 0 aliphatic carbocycles. The van der Waals surface area contributed by atoms with Gasteiger partial charge in [0.1, 0.15) is 11.6 Å². The van der Waals surface area contributed by atoms with E-state index in [0.717, 1.165) is 0 Å². The lowest BCUT2D eigenvalue weighted by atomic mass is 9.80. The number of alkyl halides is 6. The molecule has 32 heavy (non-hydrogen) atoms. The van der Waals surface area contributed by atoms with Gasteiger partial charge in [0.05, 0.1) is 0 Å². The van der Waals surface area contributed by atoms with Crippen LogP contribution < -0.4 is 0 Å². The van der Waals surface area contributed by atoms with E-state index >= 15 is 0 Å². The first-order valence-corrected chi connectivity index (χ1v) is 11.5. The number of piperidine rings is 1. The molecule has 13 heteroatoms. The third-order valence-electron chi connectivity index (χ3n) is 5.56. The SMILES string of the molecule is CN(C)C(C)(CC(C)(C)C)C(=O)OC1CCN(S(=O)(=O)C(F)(F)C(F)(F)C(C)(F)F)CC1. The van der Waals surface area contributed by atoms with E-state index in [9.17, 15) is 39.6 Å². The minimum absolute atomic E-state index is 0.0390. The highest BCUT2D eigenvalue weighted by Crippen LogP contribution is 2.49. The van der Waals surface area contributed by atoms with Crippen molar-refractivity contribution in [1.82, 2.24) is 9.21 Å². The zero-order chi connectivity index (χ0) is 25.6. The second-order valence-electron chi connectivity index (χ2n) is 9.89. The number of carbonyl (C=O) groups is 1. The van der Waals surface area contributed by atoms with Gasteiger partial charge in [0.25, 0.3) is 10.0 Å². The molecule has 1 saturated heterocycles. The summed E-state index contributed by atoms with van der Waals surface area (Å²) in [5.41, 5.74) is -1.27. The first kappa shape index (κ1) is 29.0. The summed E-state index contributed by atoms with van der Waals surface area (Å²) in [5, 5.41) is -6.02. The number of sulfonamides is 1. The van der Waals surface area contributed by atoms with Crippen molar-refractivity contribution >= 4 is 16.0 Å². The highest BCUT2D eigenvalue weighted by atomic mass is 32.2. The molecular formula is C19H32F6N2O4S. The molecule has 0 spiro atoms. The van der Waals surface area contributed by atoms with Gasteiger partial charge in [-0.2, -0.15) is 30.6 Å². The first-order valence-electron chi connectivity index (χ1n) is 10.0. The second kappa shape index (κ2) is 8.94. The van der Waals surface area contributed by atoms with Crippen molar-refractivity contribution in [2.24, 2.45) is 5.41 Å². The monoisotopic (exact) mass is 498 g/mol. The van der Waals surface area contributed by atoms with E-state index < -0.39 is 64.7 Å². The van der Waals surface area contributed by atoms with Crippen LogP contribution in [0.25, 0.3) is 0 Å². The van der Waals surface area contributed by atoms with Crippen LogP contribution in [0.4, 0.5) is 26.3 Å². The Morgan fingerprint density at radius 1 is 0.969 bits per heavy atom. The van der Waals surface area contributed by atoms with Gasteiger partial charge in [-0.25, -0.2) is 8.42 Å². The average Bonchev–Trinajstić information content (AvgIpc) is 2.59. The van der Waals surface area contributed by atoms with E-state index in [1.165, 1.54) is 0 Å². The van der Waals surface area contributed by atoms with Gasteiger partial charge in [0, 0.05) is 20.0 Å².